The number of carbonyl (C=O) groups excluding carboxylic acids is 1. The van der Waals surface area contributed by atoms with Crippen molar-refractivity contribution in [3.05, 3.63) is 72.6 Å². The molecule has 0 fully saturated rings. The topological polar surface area (TPSA) is 30.2 Å². The van der Waals surface area contributed by atoms with Gasteiger partial charge in [0.05, 0.1) is 12.7 Å². The summed E-state index contributed by atoms with van der Waals surface area (Å²) in [6.45, 7) is 0.297. The van der Waals surface area contributed by atoms with Crippen molar-refractivity contribution in [3.63, 3.8) is 0 Å². The number of para-hydroxylation sites is 1. The lowest BCUT2D eigenvalue weighted by Gasteiger charge is -2.05. The maximum atomic E-state index is 12.4. The highest BCUT2D eigenvalue weighted by molar-refractivity contribution is 5.97. The van der Waals surface area contributed by atoms with Crippen LogP contribution in [0.25, 0.3) is 10.8 Å². The molecule has 1 heterocycles. The molecule has 3 nitrogen and oxygen atoms in total. The maximum Gasteiger partial charge on any atom is 0.231 e. The van der Waals surface area contributed by atoms with E-state index in [1.165, 1.54) is 5.39 Å². The van der Waals surface area contributed by atoms with Crippen LogP contribution in [0.5, 0.6) is 5.75 Å². The summed E-state index contributed by atoms with van der Waals surface area (Å²) < 4.78 is 7.14. The third-order valence-electron chi connectivity index (χ3n) is 3.48. The molecule has 0 aliphatic carbocycles. The van der Waals surface area contributed by atoms with E-state index < -0.39 is 0 Å². The van der Waals surface area contributed by atoms with Gasteiger partial charge < -0.3 is 4.74 Å². The largest absolute Gasteiger partial charge is 0.496 e. The number of hydrogen-bond acceptors (Lipinski definition) is 2. The van der Waals surface area contributed by atoms with Gasteiger partial charge in [-0.3, -0.25) is 4.79 Å². The molecule has 0 N–H and O–H groups in total. The molecule has 21 heavy (non-hydrogen) atoms. The highest BCUT2D eigenvalue weighted by atomic mass is 16.5. The Morgan fingerprint density at radius 1 is 1.00 bits per heavy atom. The van der Waals surface area contributed by atoms with Gasteiger partial charge in [0.1, 0.15) is 5.75 Å². The SMILES string of the molecule is COc1ccccc1C(=O)C[n+]1ccc2ccccc2c1. The number of nitrogens with zero attached hydrogens (tertiary/aromatic N) is 1. The van der Waals surface area contributed by atoms with Gasteiger partial charge in [-0.05, 0) is 23.6 Å². The van der Waals surface area contributed by atoms with E-state index in [1.54, 1.807) is 19.2 Å². The number of rotatable bonds is 4. The van der Waals surface area contributed by atoms with Gasteiger partial charge in [-0.15, -0.1) is 0 Å². The van der Waals surface area contributed by atoms with Gasteiger partial charge in [0.25, 0.3) is 0 Å². The Morgan fingerprint density at radius 3 is 2.52 bits per heavy atom. The van der Waals surface area contributed by atoms with Gasteiger partial charge in [-0.25, -0.2) is 0 Å². The molecule has 2 aromatic carbocycles. The molecule has 3 aromatic rings. The zero-order chi connectivity index (χ0) is 14.7. The zero-order valence-electron chi connectivity index (χ0n) is 11.8. The Labute approximate surface area is 123 Å². The number of methoxy groups -OCH3 is 1. The normalized spacial score (nSPS) is 10.5. The molecule has 0 saturated carbocycles. The first kappa shape index (κ1) is 13.3. The van der Waals surface area contributed by atoms with E-state index in [9.17, 15) is 4.79 Å². The molecule has 0 unspecified atom stereocenters. The predicted octanol–water partition coefficient (Wildman–Crippen LogP) is 3.02. The van der Waals surface area contributed by atoms with Gasteiger partial charge in [0.2, 0.25) is 12.3 Å². The van der Waals surface area contributed by atoms with Crippen LogP contribution in [-0.4, -0.2) is 12.9 Å². The Kier molecular flexibility index (Phi) is 3.65. The number of carbonyl (C=O) groups is 1. The smallest absolute Gasteiger partial charge is 0.231 e. The molecule has 104 valence electrons. The van der Waals surface area contributed by atoms with E-state index in [4.69, 9.17) is 4.74 Å². The minimum absolute atomic E-state index is 0.0349. The lowest BCUT2D eigenvalue weighted by Crippen LogP contribution is -2.37. The Balaban J connectivity index is 1.89. The van der Waals surface area contributed by atoms with Crippen LogP contribution in [0.1, 0.15) is 10.4 Å². The first-order chi connectivity index (χ1) is 10.3. The van der Waals surface area contributed by atoms with Crippen molar-refractivity contribution in [2.24, 2.45) is 0 Å². The van der Waals surface area contributed by atoms with Crippen LogP contribution in [-0.2, 0) is 6.54 Å². The van der Waals surface area contributed by atoms with Crippen LogP contribution in [0.4, 0.5) is 0 Å². The van der Waals surface area contributed by atoms with Crippen molar-refractivity contribution in [1.82, 2.24) is 0 Å². The molecular weight excluding hydrogens is 262 g/mol. The fraction of sp³-hybridized carbons (Fsp3) is 0.111. The quantitative estimate of drug-likeness (QED) is 0.542. The number of aromatic nitrogens is 1. The predicted molar refractivity (Wildman–Crippen MR) is 81.5 cm³/mol. The molecule has 1 aromatic heterocycles. The summed E-state index contributed by atoms with van der Waals surface area (Å²) in [6.07, 6.45) is 3.91. The molecule has 0 radical (unpaired) electrons. The lowest BCUT2D eigenvalue weighted by atomic mass is 10.1. The summed E-state index contributed by atoms with van der Waals surface area (Å²) in [6, 6.07) is 17.4. The first-order valence-electron chi connectivity index (χ1n) is 6.82. The van der Waals surface area contributed by atoms with Gasteiger partial charge in [-0.2, -0.15) is 4.57 Å². The summed E-state index contributed by atoms with van der Waals surface area (Å²) in [4.78, 5) is 12.4. The fourth-order valence-electron chi connectivity index (χ4n) is 2.40. The Morgan fingerprint density at radius 2 is 1.71 bits per heavy atom. The minimum atomic E-state index is 0.0349. The fourth-order valence-corrected chi connectivity index (χ4v) is 2.40. The second-order valence-corrected chi connectivity index (χ2v) is 4.87. The van der Waals surface area contributed by atoms with Crippen LogP contribution in [0.15, 0.2) is 67.0 Å². The number of benzene rings is 2. The van der Waals surface area contributed by atoms with Crippen LogP contribution in [0, 0.1) is 0 Å². The van der Waals surface area contributed by atoms with E-state index in [0.29, 0.717) is 17.9 Å². The minimum Gasteiger partial charge on any atom is -0.496 e. The molecule has 0 aliphatic heterocycles. The van der Waals surface area contributed by atoms with Gasteiger partial charge in [0, 0.05) is 11.5 Å². The number of fused-ring (bicyclic) bond motifs is 1. The first-order valence-corrected chi connectivity index (χ1v) is 6.82. The van der Waals surface area contributed by atoms with Crippen molar-refractivity contribution in [3.8, 4) is 5.75 Å². The van der Waals surface area contributed by atoms with Crippen LogP contribution < -0.4 is 9.30 Å². The Bertz CT molecular complexity index is 796. The van der Waals surface area contributed by atoms with Gasteiger partial charge in [-0.1, -0.05) is 30.3 Å². The van der Waals surface area contributed by atoms with E-state index >= 15 is 0 Å². The van der Waals surface area contributed by atoms with Crippen molar-refractivity contribution < 1.29 is 14.1 Å². The summed E-state index contributed by atoms with van der Waals surface area (Å²) >= 11 is 0. The van der Waals surface area contributed by atoms with Gasteiger partial charge >= 0.3 is 0 Å². The van der Waals surface area contributed by atoms with Crippen LogP contribution >= 0.6 is 0 Å². The van der Waals surface area contributed by atoms with Crippen molar-refractivity contribution >= 4 is 16.6 Å². The highest BCUT2D eigenvalue weighted by Crippen LogP contribution is 2.18. The van der Waals surface area contributed by atoms with Crippen molar-refractivity contribution in [1.29, 1.82) is 0 Å². The monoisotopic (exact) mass is 278 g/mol. The third-order valence-corrected chi connectivity index (χ3v) is 3.48. The number of ketones is 1. The number of pyridine rings is 1. The van der Waals surface area contributed by atoms with Crippen LogP contribution in [0.3, 0.4) is 0 Å². The second-order valence-electron chi connectivity index (χ2n) is 4.87. The third kappa shape index (κ3) is 2.77. The standard InChI is InChI=1S/C18H16NO2/c1-21-18-9-5-4-8-16(18)17(20)13-19-11-10-14-6-2-3-7-15(14)12-19/h2-12H,13H2,1H3/q+1. The molecule has 0 spiro atoms. The van der Waals surface area contributed by atoms with E-state index in [2.05, 4.69) is 6.07 Å². The average Bonchev–Trinajstić information content (AvgIpc) is 2.54. The Hall–Kier alpha value is -2.68. The number of hydrogen-bond donors (Lipinski definition) is 0. The van der Waals surface area contributed by atoms with Gasteiger partial charge in [0.15, 0.2) is 12.4 Å². The molecule has 0 amide bonds. The summed E-state index contributed by atoms with van der Waals surface area (Å²) in [5.74, 6) is 0.650. The summed E-state index contributed by atoms with van der Waals surface area (Å²) in [5.41, 5.74) is 0.612. The molecule has 0 atom stereocenters. The van der Waals surface area contributed by atoms with E-state index in [1.807, 2.05) is 53.4 Å². The molecular formula is C18H16NO2+. The second kappa shape index (κ2) is 5.75. The maximum absolute atomic E-state index is 12.4. The molecule has 0 saturated heterocycles. The zero-order valence-corrected chi connectivity index (χ0v) is 11.8. The van der Waals surface area contributed by atoms with Crippen molar-refractivity contribution in [2.75, 3.05) is 7.11 Å². The number of ether oxygens (including phenoxy) is 1. The molecule has 3 heteroatoms. The van der Waals surface area contributed by atoms with Crippen molar-refractivity contribution in [2.45, 2.75) is 6.54 Å². The molecule has 0 aliphatic rings. The summed E-state index contributed by atoms with van der Waals surface area (Å²) in [5, 5.41) is 2.28. The average molecular weight is 278 g/mol. The number of Topliss-reactive ketones (excluding diaryl/α,β-unsaturated/α-hetero) is 1. The summed E-state index contributed by atoms with van der Waals surface area (Å²) in [7, 11) is 1.58. The van der Waals surface area contributed by atoms with E-state index in [0.717, 1.165) is 5.39 Å². The van der Waals surface area contributed by atoms with Crippen LogP contribution in [0.2, 0.25) is 0 Å². The van der Waals surface area contributed by atoms with E-state index in [-0.39, 0.29) is 5.78 Å². The molecule has 0 bridgehead atoms. The molecule has 3 rings (SSSR count). The highest BCUT2D eigenvalue weighted by Gasteiger charge is 2.16. The lowest BCUT2D eigenvalue weighted by molar-refractivity contribution is -0.681.